The summed E-state index contributed by atoms with van der Waals surface area (Å²) in [5.41, 5.74) is 1.08. The number of ether oxygens (including phenoxy) is 1. The second kappa shape index (κ2) is 7.00. The summed E-state index contributed by atoms with van der Waals surface area (Å²) in [5, 5.41) is 3.16. The number of hydrogen-bond donors (Lipinski definition) is 1. The molecular formula is C13H22N2O3S. The molecular weight excluding hydrogens is 264 g/mol. The second-order valence-corrected chi connectivity index (χ2v) is 6.73. The summed E-state index contributed by atoms with van der Waals surface area (Å²) in [5.74, 6) is 0. The van der Waals surface area contributed by atoms with Gasteiger partial charge in [-0.15, -0.1) is 0 Å². The van der Waals surface area contributed by atoms with Crippen LogP contribution in [0.3, 0.4) is 0 Å². The number of hydrogen-bond acceptors (Lipinski definition) is 4. The molecule has 1 aromatic carbocycles. The van der Waals surface area contributed by atoms with Gasteiger partial charge in [0.2, 0.25) is 10.0 Å². The predicted molar refractivity (Wildman–Crippen MR) is 75.7 cm³/mol. The van der Waals surface area contributed by atoms with Gasteiger partial charge in [-0.2, -0.15) is 0 Å². The molecule has 1 N–H and O–H groups in total. The van der Waals surface area contributed by atoms with Crippen LogP contribution >= 0.6 is 0 Å². The van der Waals surface area contributed by atoms with Gasteiger partial charge in [0, 0.05) is 27.2 Å². The first kappa shape index (κ1) is 16.1. The Morgan fingerprint density at radius 3 is 2.26 bits per heavy atom. The van der Waals surface area contributed by atoms with Crippen molar-refractivity contribution in [3.05, 3.63) is 29.8 Å². The topological polar surface area (TPSA) is 58.6 Å². The standard InChI is InChI=1S/C13H22N2O3S/c1-14-12(10-18-4)9-11-5-7-13(8-6-11)19(16,17)15(2)3/h5-8,12,14H,9-10H2,1-4H3. The molecule has 0 aliphatic carbocycles. The Labute approximate surface area is 115 Å². The van der Waals surface area contributed by atoms with Crippen molar-refractivity contribution in [2.24, 2.45) is 0 Å². The third-order valence-corrected chi connectivity index (χ3v) is 4.79. The molecule has 0 amide bonds. The minimum atomic E-state index is -3.34. The van der Waals surface area contributed by atoms with Gasteiger partial charge >= 0.3 is 0 Å². The smallest absolute Gasteiger partial charge is 0.242 e. The van der Waals surface area contributed by atoms with Gasteiger partial charge in [-0.05, 0) is 31.2 Å². The molecule has 1 unspecified atom stereocenters. The average Bonchev–Trinajstić information content (AvgIpc) is 2.38. The van der Waals surface area contributed by atoms with E-state index < -0.39 is 10.0 Å². The van der Waals surface area contributed by atoms with Crippen LogP contribution in [-0.2, 0) is 21.2 Å². The molecule has 1 atom stereocenters. The third-order valence-electron chi connectivity index (χ3n) is 2.96. The molecule has 0 saturated heterocycles. The fraction of sp³-hybridized carbons (Fsp3) is 0.538. The van der Waals surface area contributed by atoms with E-state index in [9.17, 15) is 8.42 Å². The fourth-order valence-electron chi connectivity index (χ4n) is 1.74. The van der Waals surface area contributed by atoms with Crippen molar-refractivity contribution in [1.29, 1.82) is 0 Å². The van der Waals surface area contributed by atoms with Crippen molar-refractivity contribution < 1.29 is 13.2 Å². The lowest BCUT2D eigenvalue weighted by Crippen LogP contribution is -2.32. The number of rotatable bonds is 7. The van der Waals surface area contributed by atoms with E-state index in [-0.39, 0.29) is 6.04 Å². The van der Waals surface area contributed by atoms with Crippen LogP contribution in [0.1, 0.15) is 5.56 Å². The van der Waals surface area contributed by atoms with Gasteiger partial charge in [-0.3, -0.25) is 0 Å². The number of likely N-dealkylation sites (N-methyl/N-ethyl adjacent to an activating group) is 1. The SMILES string of the molecule is CNC(COC)Cc1ccc(S(=O)(=O)N(C)C)cc1. The van der Waals surface area contributed by atoms with E-state index in [4.69, 9.17) is 4.74 Å². The van der Waals surface area contributed by atoms with Crippen LogP contribution in [0.25, 0.3) is 0 Å². The predicted octanol–water partition coefficient (Wildman–Crippen LogP) is 0.714. The number of nitrogens with zero attached hydrogens (tertiary/aromatic N) is 1. The van der Waals surface area contributed by atoms with Gasteiger partial charge in [-0.1, -0.05) is 12.1 Å². The van der Waals surface area contributed by atoms with E-state index in [0.29, 0.717) is 11.5 Å². The Hall–Kier alpha value is -0.950. The molecule has 5 nitrogen and oxygen atoms in total. The molecule has 19 heavy (non-hydrogen) atoms. The summed E-state index contributed by atoms with van der Waals surface area (Å²) >= 11 is 0. The molecule has 0 heterocycles. The Morgan fingerprint density at radius 2 is 1.84 bits per heavy atom. The van der Waals surface area contributed by atoms with Gasteiger partial charge in [0.05, 0.1) is 11.5 Å². The maximum Gasteiger partial charge on any atom is 0.242 e. The molecule has 0 spiro atoms. The molecule has 0 radical (unpaired) electrons. The molecule has 0 bridgehead atoms. The molecule has 108 valence electrons. The van der Waals surface area contributed by atoms with Gasteiger partial charge in [0.15, 0.2) is 0 Å². The lowest BCUT2D eigenvalue weighted by molar-refractivity contribution is 0.169. The Kier molecular flexibility index (Phi) is 5.93. The van der Waals surface area contributed by atoms with Crippen LogP contribution in [0.4, 0.5) is 0 Å². The first-order valence-electron chi connectivity index (χ1n) is 6.09. The molecule has 1 aromatic rings. The van der Waals surface area contributed by atoms with Crippen LogP contribution < -0.4 is 5.32 Å². The lowest BCUT2D eigenvalue weighted by Gasteiger charge is -2.16. The van der Waals surface area contributed by atoms with Gasteiger partial charge in [-0.25, -0.2) is 12.7 Å². The summed E-state index contributed by atoms with van der Waals surface area (Å²) in [6, 6.07) is 7.20. The Morgan fingerprint density at radius 1 is 1.26 bits per heavy atom. The summed E-state index contributed by atoms with van der Waals surface area (Å²) in [6.45, 7) is 0.619. The molecule has 0 fully saturated rings. The lowest BCUT2D eigenvalue weighted by atomic mass is 10.1. The fourth-order valence-corrected chi connectivity index (χ4v) is 2.64. The molecule has 1 rings (SSSR count). The van der Waals surface area contributed by atoms with Crippen LogP contribution in [0.15, 0.2) is 29.2 Å². The van der Waals surface area contributed by atoms with Crippen molar-refractivity contribution >= 4 is 10.0 Å². The number of sulfonamides is 1. The van der Waals surface area contributed by atoms with Crippen molar-refractivity contribution in [1.82, 2.24) is 9.62 Å². The quantitative estimate of drug-likeness (QED) is 0.802. The van der Waals surface area contributed by atoms with Crippen molar-refractivity contribution in [2.45, 2.75) is 17.4 Å². The van der Waals surface area contributed by atoms with Crippen molar-refractivity contribution in [3.8, 4) is 0 Å². The zero-order valence-corrected chi connectivity index (χ0v) is 12.7. The van der Waals surface area contributed by atoms with E-state index in [1.54, 1.807) is 19.2 Å². The zero-order chi connectivity index (χ0) is 14.5. The number of nitrogens with one attached hydrogen (secondary N) is 1. The van der Waals surface area contributed by atoms with Crippen LogP contribution in [0, 0.1) is 0 Å². The number of benzene rings is 1. The van der Waals surface area contributed by atoms with E-state index >= 15 is 0 Å². The summed E-state index contributed by atoms with van der Waals surface area (Å²) in [4.78, 5) is 0.314. The third kappa shape index (κ3) is 4.28. The monoisotopic (exact) mass is 286 g/mol. The highest BCUT2D eigenvalue weighted by molar-refractivity contribution is 7.89. The Balaban J connectivity index is 2.82. The number of methoxy groups -OCH3 is 1. The summed E-state index contributed by atoms with van der Waals surface area (Å²) in [6.07, 6.45) is 0.798. The average molecular weight is 286 g/mol. The molecule has 6 heteroatoms. The first-order chi connectivity index (χ1) is 8.91. The van der Waals surface area contributed by atoms with Crippen LogP contribution in [0.2, 0.25) is 0 Å². The summed E-state index contributed by atoms with van der Waals surface area (Å²) < 4.78 is 30.2. The van der Waals surface area contributed by atoms with Gasteiger partial charge < -0.3 is 10.1 Å². The zero-order valence-electron chi connectivity index (χ0n) is 11.9. The van der Waals surface area contributed by atoms with E-state index in [0.717, 1.165) is 12.0 Å². The second-order valence-electron chi connectivity index (χ2n) is 4.58. The minimum absolute atomic E-state index is 0.223. The Bertz CT molecular complexity index is 483. The van der Waals surface area contributed by atoms with E-state index in [1.807, 2.05) is 19.2 Å². The highest BCUT2D eigenvalue weighted by atomic mass is 32.2. The normalized spacial score (nSPS) is 13.7. The first-order valence-corrected chi connectivity index (χ1v) is 7.53. The van der Waals surface area contributed by atoms with Crippen LogP contribution in [0.5, 0.6) is 0 Å². The maximum absolute atomic E-state index is 11.9. The van der Waals surface area contributed by atoms with E-state index in [2.05, 4.69) is 5.32 Å². The molecule has 0 saturated carbocycles. The van der Waals surface area contributed by atoms with Crippen molar-refractivity contribution in [2.75, 3.05) is 34.9 Å². The molecule has 0 aromatic heterocycles. The highest BCUT2D eigenvalue weighted by Gasteiger charge is 2.16. The van der Waals surface area contributed by atoms with Crippen molar-refractivity contribution in [3.63, 3.8) is 0 Å². The van der Waals surface area contributed by atoms with Gasteiger partial charge in [0.25, 0.3) is 0 Å². The van der Waals surface area contributed by atoms with E-state index in [1.165, 1.54) is 18.4 Å². The highest BCUT2D eigenvalue weighted by Crippen LogP contribution is 2.14. The molecule has 0 aliphatic rings. The minimum Gasteiger partial charge on any atom is -0.383 e. The summed E-state index contributed by atoms with van der Waals surface area (Å²) in [7, 11) is 3.26. The molecule has 0 aliphatic heterocycles. The largest absolute Gasteiger partial charge is 0.383 e. The van der Waals surface area contributed by atoms with Gasteiger partial charge in [0.1, 0.15) is 0 Å². The maximum atomic E-state index is 11.9. The van der Waals surface area contributed by atoms with Crippen LogP contribution in [-0.4, -0.2) is 53.6 Å².